The molecule has 0 unspecified atom stereocenters. The van der Waals surface area contributed by atoms with Gasteiger partial charge in [0.25, 0.3) is 0 Å². The van der Waals surface area contributed by atoms with Gasteiger partial charge < -0.3 is 16.0 Å². The normalized spacial score (nSPS) is 10.2. The lowest BCUT2D eigenvalue weighted by atomic mass is 10.1. The second kappa shape index (κ2) is 7.09. The Morgan fingerprint density at radius 1 is 1.26 bits per heavy atom. The van der Waals surface area contributed by atoms with E-state index in [9.17, 15) is 4.79 Å². The largest absolute Gasteiger partial charge is 0.353 e. The Kier molecular flexibility index (Phi) is 5.76. The quantitative estimate of drug-likeness (QED) is 0.739. The van der Waals surface area contributed by atoms with Crippen LogP contribution in [0.4, 0.5) is 5.69 Å². The molecule has 0 radical (unpaired) electrons. The molecule has 0 saturated carbocycles. The fourth-order valence-electron chi connectivity index (χ4n) is 1.53. The monoisotopic (exact) mass is 279 g/mol. The summed E-state index contributed by atoms with van der Waals surface area (Å²) in [6.45, 7) is 8.13. The van der Waals surface area contributed by atoms with E-state index in [1.807, 2.05) is 39.0 Å². The van der Waals surface area contributed by atoms with E-state index >= 15 is 0 Å². The number of amides is 1. The first-order valence-corrected chi connectivity index (χ1v) is 6.71. The van der Waals surface area contributed by atoms with E-state index in [1.165, 1.54) is 11.1 Å². The number of nitrogens with one attached hydrogen (secondary N) is 3. The number of aryl methyl sites for hydroxylation is 2. The standard InChI is InChI=1S/C14H21N3OS/c1-9(2)16-13(18)8-15-14(19)17-12-6-5-10(3)11(4)7-12/h5-7,9H,8H2,1-4H3,(H,16,18)(H2,15,17,19). The summed E-state index contributed by atoms with van der Waals surface area (Å²) in [5.74, 6) is -0.0702. The maximum absolute atomic E-state index is 11.4. The van der Waals surface area contributed by atoms with Crippen LogP contribution in [-0.2, 0) is 4.79 Å². The molecule has 0 aliphatic rings. The van der Waals surface area contributed by atoms with E-state index in [2.05, 4.69) is 22.9 Å². The molecule has 5 heteroatoms. The molecule has 3 N–H and O–H groups in total. The van der Waals surface area contributed by atoms with Gasteiger partial charge in [0.05, 0.1) is 6.54 Å². The fourth-order valence-corrected chi connectivity index (χ4v) is 1.72. The third kappa shape index (κ3) is 5.70. The SMILES string of the molecule is Cc1ccc(NC(=S)NCC(=O)NC(C)C)cc1C. The van der Waals surface area contributed by atoms with Crippen LogP contribution in [-0.4, -0.2) is 23.6 Å². The van der Waals surface area contributed by atoms with Crippen LogP contribution in [0.15, 0.2) is 18.2 Å². The number of benzene rings is 1. The van der Waals surface area contributed by atoms with Crippen molar-refractivity contribution in [3.63, 3.8) is 0 Å². The van der Waals surface area contributed by atoms with Gasteiger partial charge in [-0.25, -0.2) is 0 Å². The molecule has 0 spiro atoms. The third-order valence-electron chi connectivity index (χ3n) is 2.62. The van der Waals surface area contributed by atoms with Gasteiger partial charge in [0.2, 0.25) is 5.91 Å². The molecule has 0 heterocycles. The molecule has 1 amide bonds. The van der Waals surface area contributed by atoms with E-state index < -0.39 is 0 Å². The molecule has 1 aromatic rings. The van der Waals surface area contributed by atoms with Gasteiger partial charge >= 0.3 is 0 Å². The molecule has 19 heavy (non-hydrogen) atoms. The lowest BCUT2D eigenvalue weighted by Crippen LogP contribution is -2.41. The van der Waals surface area contributed by atoms with Crippen LogP contribution in [0, 0.1) is 13.8 Å². The van der Waals surface area contributed by atoms with Crippen molar-refractivity contribution in [1.29, 1.82) is 0 Å². The first-order valence-electron chi connectivity index (χ1n) is 6.30. The van der Waals surface area contributed by atoms with Crippen molar-refractivity contribution in [2.45, 2.75) is 33.7 Å². The summed E-state index contributed by atoms with van der Waals surface area (Å²) in [7, 11) is 0. The smallest absolute Gasteiger partial charge is 0.239 e. The topological polar surface area (TPSA) is 53.2 Å². The van der Waals surface area contributed by atoms with E-state index in [-0.39, 0.29) is 18.5 Å². The summed E-state index contributed by atoms with van der Waals surface area (Å²) < 4.78 is 0. The Labute approximate surface area is 120 Å². The van der Waals surface area contributed by atoms with Crippen LogP contribution < -0.4 is 16.0 Å². The second-order valence-electron chi connectivity index (χ2n) is 4.83. The summed E-state index contributed by atoms with van der Waals surface area (Å²) in [4.78, 5) is 11.4. The zero-order chi connectivity index (χ0) is 14.4. The highest BCUT2D eigenvalue weighted by atomic mass is 32.1. The van der Waals surface area contributed by atoms with Gasteiger partial charge in [0, 0.05) is 11.7 Å². The molecule has 0 saturated heterocycles. The maximum Gasteiger partial charge on any atom is 0.239 e. The van der Waals surface area contributed by atoms with Crippen LogP contribution in [0.5, 0.6) is 0 Å². The fraction of sp³-hybridized carbons (Fsp3) is 0.429. The first-order chi connectivity index (χ1) is 8.88. The van der Waals surface area contributed by atoms with Crippen molar-refractivity contribution in [2.75, 3.05) is 11.9 Å². The van der Waals surface area contributed by atoms with Crippen molar-refractivity contribution < 1.29 is 4.79 Å². The molecule has 0 aliphatic heterocycles. The van der Waals surface area contributed by atoms with E-state index in [1.54, 1.807) is 0 Å². The maximum atomic E-state index is 11.4. The van der Waals surface area contributed by atoms with Crippen molar-refractivity contribution in [3.05, 3.63) is 29.3 Å². The van der Waals surface area contributed by atoms with Gasteiger partial charge in [-0.2, -0.15) is 0 Å². The van der Waals surface area contributed by atoms with Crippen LogP contribution in [0.25, 0.3) is 0 Å². The van der Waals surface area contributed by atoms with Crippen LogP contribution in [0.3, 0.4) is 0 Å². The molecule has 0 aliphatic carbocycles. The molecule has 1 rings (SSSR count). The summed E-state index contributed by atoms with van der Waals surface area (Å²) >= 11 is 5.14. The van der Waals surface area contributed by atoms with Gasteiger partial charge in [0.15, 0.2) is 5.11 Å². The van der Waals surface area contributed by atoms with Gasteiger partial charge in [0.1, 0.15) is 0 Å². The highest BCUT2D eigenvalue weighted by Gasteiger charge is 2.04. The summed E-state index contributed by atoms with van der Waals surface area (Å²) in [6.07, 6.45) is 0. The molecule has 0 fully saturated rings. The molecule has 0 aromatic heterocycles. The van der Waals surface area contributed by atoms with Crippen LogP contribution >= 0.6 is 12.2 Å². The minimum atomic E-state index is -0.0702. The number of thiocarbonyl (C=S) groups is 1. The zero-order valence-corrected chi connectivity index (χ0v) is 12.6. The second-order valence-corrected chi connectivity index (χ2v) is 5.24. The molecule has 0 atom stereocenters. The lowest BCUT2D eigenvalue weighted by molar-refractivity contribution is -0.120. The van der Waals surface area contributed by atoms with Crippen molar-refractivity contribution >= 4 is 28.9 Å². The van der Waals surface area contributed by atoms with Gasteiger partial charge in [-0.3, -0.25) is 4.79 Å². The number of hydrogen-bond acceptors (Lipinski definition) is 2. The Morgan fingerprint density at radius 3 is 2.53 bits per heavy atom. The third-order valence-corrected chi connectivity index (χ3v) is 2.87. The number of rotatable bonds is 4. The average Bonchev–Trinajstić information content (AvgIpc) is 2.30. The molecule has 104 valence electrons. The van der Waals surface area contributed by atoms with E-state index in [4.69, 9.17) is 12.2 Å². The Morgan fingerprint density at radius 2 is 1.95 bits per heavy atom. The highest BCUT2D eigenvalue weighted by Crippen LogP contribution is 2.13. The van der Waals surface area contributed by atoms with Crippen LogP contribution in [0.1, 0.15) is 25.0 Å². The minimum Gasteiger partial charge on any atom is -0.353 e. The summed E-state index contributed by atoms with van der Waals surface area (Å²) in [6, 6.07) is 6.16. The van der Waals surface area contributed by atoms with Gasteiger partial charge in [-0.1, -0.05) is 6.07 Å². The summed E-state index contributed by atoms with van der Waals surface area (Å²) in [5, 5.41) is 9.17. The molecular formula is C14H21N3OS. The zero-order valence-electron chi connectivity index (χ0n) is 11.8. The van der Waals surface area contributed by atoms with Crippen molar-refractivity contribution in [2.24, 2.45) is 0 Å². The average molecular weight is 279 g/mol. The molecule has 4 nitrogen and oxygen atoms in total. The van der Waals surface area contributed by atoms with Crippen molar-refractivity contribution in [1.82, 2.24) is 10.6 Å². The van der Waals surface area contributed by atoms with Gasteiger partial charge in [-0.15, -0.1) is 0 Å². The molecule has 1 aromatic carbocycles. The van der Waals surface area contributed by atoms with Crippen LogP contribution in [0.2, 0.25) is 0 Å². The van der Waals surface area contributed by atoms with Gasteiger partial charge in [-0.05, 0) is 63.2 Å². The summed E-state index contributed by atoms with van der Waals surface area (Å²) in [5.41, 5.74) is 3.36. The van der Waals surface area contributed by atoms with E-state index in [0.29, 0.717) is 5.11 Å². The van der Waals surface area contributed by atoms with E-state index in [0.717, 1.165) is 5.69 Å². The molecule has 0 bridgehead atoms. The number of carbonyl (C=O) groups is 1. The Balaban J connectivity index is 2.43. The highest BCUT2D eigenvalue weighted by molar-refractivity contribution is 7.80. The minimum absolute atomic E-state index is 0.0702. The predicted molar refractivity (Wildman–Crippen MR) is 83.4 cm³/mol. The number of carbonyl (C=O) groups excluding carboxylic acids is 1. The lowest BCUT2D eigenvalue weighted by Gasteiger charge is -2.13. The van der Waals surface area contributed by atoms with Crippen molar-refractivity contribution in [3.8, 4) is 0 Å². The molecular weight excluding hydrogens is 258 g/mol. The Hall–Kier alpha value is -1.62. The number of anilines is 1. The number of hydrogen-bond donors (Lipinski definition) is 3. The predicted octanol–water partition coefficient (Wildman–Crippen LogP) is 2.11. The Bertz CT molecular complexity index is 472. The first kappa shape index (κ1) is 15.4.